The molecule has 2 aromatic rings. The van der Waals surface area contributed by atoms with Crippen molar-refractivity contribution in [2.45, 2.75) is 27.0 Å². The minimum atomic E-state index is 0. The highest BCUT2D eigenvalue weighted by Gasteiger charge is 2.07. The van der Waals surface area contributed by atoms with Crippen LogP contribution in [0, 0.1) is 5.92 Å². The lowest BCUT2D eigenvalue weighted by Crippen LogP contribution is -2.19. The molecule has 0 aromatic heterocycles. The van der Waals surface area contributed by atoms with Crippen LogP contribution >= 0.6 is 35.6 Å². The summed E-state index contributed by atoms with van der Waals surface area (Å²) in [5.41, 5.74) is 2.03. The van der Waals surface area contributed by atoms with Gasteiger partial charge in [0.25, 0.3) is 0 Å². The second-order valence-electron chi connectivity index (χ2n) is 5.66. The zero-order valence-electron chi connectivity index (χ0n) is 13.3. The number of hydrogen-bond acceptors (Lipinski definition) is 2. The van der Waals surface area contributed by atoms with Gasteiger partial charge in [-0.3, -0.25) is 0 Å². The summed E-state index contributed by atoms with van der Waals surface area (Å²) in [6.07, 6.45) is 0. The summed E-state index contributed by atoms with van der Waals surface area (Å²) in [4.78, 5) is 0. The van der Waals surface area contributed by atoms with E-state index in [2.05, 4.69) is 19.2 Å². The van der Waals surface area contributed by atoms with Crippen molar-refractivity contribution in [2.24, 2.45) is 5.92 Å². The molecule has 0 fully saturated rings. The van der Waals surface area contributed by atoms with Gasteiger partial charge in [0.2, 0.25) is 0 Å². The van der Waals surface area contributed by atoms with Gasteiger partial charge >= 0.3 is 0 Å². The average molecular weight is 375 g/mol. The Labute approximate surface area is 154 Å². The molecule has 0 aliphatic rings. The van der Waals surface area contributed by atoms with Crippen LogP contribution in [-0.2, 0) is 13.2 Å². The number of hydrogen-bond donors (Lipinski definition) is 1. The van der Waals surface area contributed by atoms with Gasteiger partial charge in [-0.1, -0.05) is 55.2 Å². The Kier molecular flexibility index (Phi) is 8.78. The van der Waals surface area contributed by atoms with E-state index in [9.17, 15) is 0 Å². The second-order valence-corrected chi connectivity index (χ2v) is 6.50. The van der Waals surface area contributed by atoms with E-state index >= 15 is 0 Å². The third-order valence-corrected chi connectivity index (χ3v) is 3.84. The molecule has 0 saturated heterocycles. The Morgan fingerprint density at radius 3 is 2.48 bits per heavy atom. The Hall–Kier alpha value is -0.930. The first-order chi connectivity index (χ1) is 10.6. The van der Waals surface area contributed by atoms with E-state index in [1.54, 1.807) is 0 Å². The summed E-state index contributed by atoms with van der Waals surface area (Å²) in [6.45, 7) is 6.49. The van der Waals surface area contributed by atoms with E-state index < -0.39 is 0 Å². The van der Waals surface area contributed by atoms with Gasteiger partial charge in [0.15, 0.2) is 0 Å². The van der Waals surface area contributed by atoms with Gasteiger partial charge in [0.1, 0.15) is 12.4 Å². The molecule has 0 atom stereocenters. The van der Waals surface area contributed by atoms with Crippen molar-refractivity contribution >= 4 is 35.6 Å². The fourth-order valence-electron chi connectivity index (χ4n) is 2.09. The maximum atomic E-state index is 6.16. The SMILES string of the molecule is CC(C)CNCc1cc(Cl)ccc1OCc1ccccc1Cl.Cl. The number of nitrogens with one attached hydrogen (secondary N) is 1. The highest BCUT2D eigenvalue weighted by atomic mass is 35.5. The smallest absolute Gasteiger partial charge is 0.124 e. The normalized spacial score (nSPS) is 10.5. The minimum absolute atomic E-state index is 0. The quantitative estimate of drug-likeness (QED) is 0.667. The molecule has 0 amide bonds. The summed E-state index contributed by atoms with van der Waals surface area (Å²) in [6, 6.07) is 13.4. The Morgan fingerprint density at radius 2 is 1.78 bits per heavy atom. The van der Waals surface area contributed by atoms with Crippen LogP contribution in [0.5, 0.6) is 5.75 Å². The molecule has 2 rings (SSSR count). The zero-order valence-corrected chi connectivity index (χ0v) is 15.6. The Bertz CT molecular complexity index is 617. The first kappa shape index (κ1) is 20.1. The monoisotopic (exact) mass is 373 g/mol. The van der Waals surface area contributed by atoms with Crippen LogP contribution in [0.15, 0.2) is 42.5 Å². The molecule has 126 valence electrons. The fourth-order valence-corrected chi connectivity index (χ4v) is 2.48. The summed E-state index contributed by atoms with van der Waals surface area (Å²) in [5.74, 6) is 1.44. The third-order valence-electron chi connectivity index (χ3n) is 3.23. The van der Waals surface area contributed by atoms with Gasteiger partial charge in [-0.15, -0.1) is 12.4 Å². The van der Waals surface area contributed by atoms with Crippen LogP contribution in [0.3, 0.4) is 0 Å². The summed E-state index contributed by atoms with van der Waals surface area (Å²) in [5, 5.41) is 4.85. The predicted molar refractivity (Wildman–Crippen MR) is 101 cm³/mol. The highest BCUT2D eigenvalue weighted by molar-refractivity contribution is 6.31. The number of ether oxygens (including phenoxy) is 1. The van der Waals surface area contributed by atoms with Crippen LogP contribution in [-0.4, -0.2) is 6.54 Å². The van der Waals surface area contributed by atoms with E-state index in [1.165, 1.54) is 0 Å². The van der Waals surface area contributed by atoms with Crippen LogP contribution in [0.4, 0.5) is 0 Å². The van der Waals surface area contributed by atoms with Gasteiger partial charge in [-0.2, -0.15) is 0 Å². The summed E-state index contributed by atoms with van der Waals surface area (Å²) < 4.78 is 5.93. The molecule has 0 aliphatic heterocycles. The first-order valence-corrected chi connectivity index (χ1v) is 8.17. The van der Waals surface area contributed by atoms with Gasteiger partial charge in [-0.25, -0.2) is 0 Å². The molecule has 0 spiro atoms. The molecule has 2 aromatic carbocycles. The van der Waals surface area contributed by atoms with E-state index in [-0.39, 0.29) is 12.4 Å². The lowest BCUT2D eigenvalue weighted by molar-refractivity contribution is 0.302. The molecule has 1 N–H and O–H groups in total. The van der Waals surface area contributed by atoms with E-state index in [0.29, 0.717) is 17.5 Å². The van der Waals surface area contributed by atoms with Gasteiger partial charge in [0.05, 0.1) is 0 Å². The maximum absolute atomic E-state index is 6.16. The van der Waals surface area contributed by atoms with E-state index in [0.717, 1.165) is 35.0 Å². The van der Waals surface area contributed by atoms with Crippen molar-refractivity contribution in [3.63, 3.8) is 0 Å². The molecule has 2 nitrogen and oxygen atoms in total. The topological polar surface area (TPSA) is 21.3 Å². The summed E-state index contributed by atoms with van der Waals surface area (Å²) >= 11 is 12.3. The van der Waals surface area contributed by atoms with Crippen LogP contribution in [0.25, 0.3) is 0 Å². The molecule has 5 heteroatoms. The van der Waals surface area contributed by atoms with Crippen molar-refractivity contribution in [1.29, 1.82) is 0 Å². The van der Waals surface area contributed by atoms with Crippen molar-refractivity contribution in [3.8, 4) is 5.75 Å². The second kappa shape index (κ2) is 10.0. The van der Waals surface area contributed by atoms with Crippen LogP contribution < -0.4 is 10.1 Å². The Morgan fingerprint density at radius 1 is 1.04 bits per heavy atom. The maximum Gasteiger partial charge on any atom is 0.124 e. The number of halogens is 3. The molecular weight excluding hydrogens is 353 g/mol. The zero-order chi connectivity index (χ0) is 15.9. The number of benzene rings is 2. The predicted octanol–water partition coefficient (Wildman–Crippen LogP) is 5.74. The third kappa shape index (κ3) is 6.60. The molecule has 0 unspecified atom stereocenters. The lowest BCUT2D eigenvalue weighted by atomic mass is 10.1. The van der Waals surface area contributed by atoms with Crippen molar-refractivity contribution in [3.05, 3.63) is 63.6 Å². The van der Waals surface area contributed by atoms with Gasteiger partial charge in [0, 0.05) is 27.7 Å². The number of rotatable bonds is 7. The lowest BCUT2D eigenvalue weighted by Gasteiger charge is -2.14. The van der Waals surface area contributed by atoms with E-state index in [4.69, 9.17) is 27.9 Å². The average Bonchev–Trinajstić information content (AvgIpc) is 2.47. The van der Waals surface area contributed by atoms with Crippen LogP contribution in [0.1, 0.15) is 25.0 Å². The molecule has 0 radical (unpaired) electrons. The molecule has 0 heterocycles. The fraction of sp³-hybridized carbons (Fsp3) is 0.333. The minimum Gasteiger partial charge on any atom is -0.489 e. The Balaban J connectivity index is 0.00000264. The largest absolute Gasteiger partial charge is 0.489 e. The molecular formula is C18H22Cl3NO. The van der Waals surface area contributed by atoms with Crippen LogP contribution in [0.2, 0.25) is 10.0 Å². The van der Waals surface area contributed by atoms with E-state index in [1.807, 2.05) is 42.5 Å². The summed E-state index contributed by atoms with van der Waals surface area (Å²) in [7, 11) is 0. The standard InChI is InChI=1S/C18H21Cl2NO.ClH/c1-13(2)10-21-11-15-9-16(19)7-8-18(15)22-12-14-5-3-4-6-17(14)20;/h3-9,13,21H,10-12H2,1-2H3;1H. The van der Waals surface area contributed by atoms with Crippen molar-refractivity contribution in [2.75, 3.05) is 6.54 Å². The van der Waals surface area contributed by atoms with Crippen molar-refractivity contribution in [1.82, 2.24) is 5.32 Å². The molecule has 0 saturated carbocycles. The van der Waals surface area contributed by atoms with Crippen molar-refractivity contribution < 1.29 is 4.74 Å². The first-order valence-electron chi connectivity index (χ1n) is 7.41. The van der Waals surface area contributed by atoms with Gasteiger partial charge < -0.3 is 10.1 Å². The molecule has 0 aliphatic carbocycles. The van der Waals surface area contributed by atoms with Gasteiger partial charge in [-0.05, 0) is 36.7 Å². The highest BCUT2D eigenvalue weighted by Crippen LogP contribution is 2.25. The molecule has 23 heavy (non-hydrogen) atoms. The molecule has 0 bridgehead atoms.